The van der Waals surface area contributed by atoms with Crippen LogP contribution in [0.15, 0.2) is 23.3 Å². The van der Waals surface area contributed by atoms with Gasteiger partial charge in [-0.15, -0.1) is 0 Å². The number of carbonyl (C=O) groups is 3. The second kappa shape index (κ2) is 7.31. The van der Waals surface area contributed by atoms with Crippen LogP contribution in [0.25, 0.3) is 0 Å². The summed E-state index contributed by atoms with van der Waals surface area (Å²) in [6, 6.07) is 1.93. The zero-order valence-corrected chi connectivity index (χ0v) is 16.1. The predicted octanol–water partition coefficient (Wildman–Crippen LogP) is 3.16. The molecule has 0 spiro atoms. The molecule has 1 aromatic rings. The van der Waals surface area contributed by atoms with Crippen molar-refractivity contribution in [1.29, 1.82) is 0 Å². The number of halogens is 2. The van der Waals surface area contributed by atoms with Crippen LogP contribution >= 0.6 is 11.6 Å². The van der Waals surface area contributed by atoms with Crippen LogP contribution in [0.3, 0.4) is 0 Å². The fraction of sp³-hybridized carbons (Fsp3) is 0.421. The molecule has 6 nitrogen and oxygen atoms in total. The highest BCUT2D eigenvalue weighted by molar-refractivity contribution is 6.34. The van der Waals surface area contributed by atoms with Gasteiger partial charge in [0, 0.05) is 11.6 Å². The van der Waals surface area contributed by atoms with Gasteiger partial charge in [-0.2, -0.15) is 0 Å². The predicted molar refractivity (Wildman–Crippen MR) is 101 cm³/mol. The van der Waals surface area contributed by atoms with E-state index < -0.39 is 23.7 Å². The van der Waals surface area contributed by atoms with Gasteiger partial charge >= 0.3 is 0 Å². The van der Waals surface area contributed by atoms with E-state index in [4.69, 9.17) is 11.6 Å². The summed E-state index contributed by atoms with van der Waals surface area (Å²) in [6.45, 7) is 5.12. The Bertz CT molecular complexity index is 860. The maximum atomic E-state index is 14.5. The van der Waals surface area contributed by atoms with E-state index in [1.165, 1.54) is 6.07 Å². The Morgan fingerprint density at radius 3 is 2.52 bits per heavy atom. The number of benzene rings is 1. The zero-order valence-electron chi connectivity index (χ0n) is 15.4. The molecule has 1 aromatic carbocycles. The van der Waals surface area contributed by atoms with Gasteiger partial charge in [-0.05, 0) is 45.7 Å². The van der Waals surface area contributed by atoms with Crippen LogP contribution in [-0.2, 0) is 14.4 Å². The normalized spacial score (nSPS) is 18.0. The lowest BCUT2D eigenvalue weighted by molar-refractivity contribution is -0.122. The number of nitrogens with zero attached hydrogens (tertiary/aromatic N) is 1. The second-order valence-electron chi connectivity index (χ2n) is 7.12. The average Bonchev–Trinajstić information content (AvgIpc) is 3.34. The highest BCUT2D eigenvalue weighted by Crippen LogP contribution is 2.35. The van der Waals surface area contributed by atoms with E-state index >= 15 is 0 Å². The number of hydrogen-bond donors (Lipinski definition) is 2. The monoisotopic (exact) mass is 393 g/mol. The SMILES string of the molecule is CC(C)=C1CC(=O)N(c2cc(NC(C)C(=O)NC3CC3)c(Cl)cc2F)C1=O. The number of rotatable bonds is 5. The van der Waals surface area contributed by atoms with Crippen molar-refractivity contribution < 1.29 is 18.8 Å². The van der Waals surface area contributed by atoms with Gasteiger partial charge in [-0.1, -0.05) is 17.2 Å². The van der Waals surface area contributed by atoms with Crippen molar-refractivity contribution in [3.8, 4) is 0 Å². The fourth-order valence-corrected chi connectivity index (χ4v) is 3.07. The molecule has 27 heavy (non-hydrogen) atoms. The molecule has 8 heteroatoms. The number of hydrogen-bond acceptors (Lipinski definition) is 4. The lowest BCUT2D eigenvalue weighted by Crippen LogP contribution is -2.38. The molecular weight excluding hydrogens is 373 g/mol. The van der Waals surface area contributed by atoms with Crippen molar-refractivity contribution in [3.05, 3.63) is 34.1 Å². The third-order valence-corrected chi connectivity index (χ3v) is 4.92. The van der Waals surface area contributed by atoms with Crippen LogP contribution in [0.5, 0.6) is 0 Å². The summed E-state index contributed by atoms with van der Waals surface area (Å²) < 4.78 is 14.5. The largest absolute Gasteiger partial charge is 0.373 e. The van der Waals surface area contributed by atoms with Crippen LogP contribution in [0.1, 0.15) is 40.0 Å². The van der Waals surface area contributed by atoms with Crippen LogP contribution in [-0.4, -0.2) is 29.8 Å². The molecule has 1 atom stereocenters. The van der Waals surface area contributed by atoms with Crippen LogP contribution in [0, 0.1) is 5.82 Å². The molecule has 2 fully saturated rings. The van der Waals surface area contributed by atoms with E-state index in [9.17, 15) is 18.8 Å². The second-order valence-corrected chi connectivity index (χ2v) is 7.53. The Morgan fingerprint density at radius 1 is 1.30 bits per heavy atom. The smallest absolute Gasteiger partial charge is 0.261 e. The van der Waals surface area contributed by atoms with Gasteiger partial charge in [0.25, 0.3) is 5.91 Å². The summed E-state index contributed by atoms with van der Waals surface area (Å²) in [5, 5.41) is 5.85. The number of allylic oxidation sites excluding steroid dienone is 1. The fourth-order valence-electron chi connectivity index (χ4n) is 2.86. The van der Waals surface area contributed by atoms with Crippen molar-refractivity contribution in [2.24, 2.45) is 0 Å². The zero-order chi connectivity index (χ0) is 19.9. The molecule has 0 bridgehead atoms. The van der Waals surface area contributed by atoms with Gasteiger partial charge in [-0.3, -0.25) is 14.4 Å². The van der Waals surface area contributed by atoms with Crippen LogP contribution < -0.4 is 15.5 Å². The van der Waals surface area contributed by atoms with Crippen molar-refractivity contribution in [1.82, 2.24) is 5.32 Å². The Labute approximate surface area is 161 Å². The van der Waals surface area contributed by atoms with Crippen molar-refractivity contribution in [3.63, 3.8) is 0 Å². The van der Waals surface area contributed by atoms with Gasteiger partial charge in [0.1, 0.15) is 11.9 Å². The van der Waals surface area contributed by atoms with Gasteiger partial charge in [0.2, 0.25) is 11.8 Å². The maximum Gasteiger partial charge on any atom is 0.261 e. The van der Waals surface area contributed by atoms with Crippen LogP contribution in [0.4, 0.5) is 15.8 Å². The number of carbonyl (C=O) groups excluding carboxylic acids is 3. The first kappa shape index (κ1) is 19.4. The lowest BCUT2D eigenvalue weighted by Gasteiger charge is -2.20. The molecule has 1 saturated heterocycles. The van der Waals surface area contributed by atoms with Crippen molar-refractivity contribution in [2.75, 3.05) is 10.2 Å². The van der Waals surface area contributed by atoms with E-state index in [0.717, 1.165) is 23.8 Å². The molecule has 144 valence electrons. The summed E-state index contributed by atoms with van der Waals surface area (Å²) in [7, 11) is 0. The highest BCUT2D eigenvalue weighted by atomic mass is 35.5. The van der Waals surface area contributed by atoms with Gasteiger partial charge in [0.15, 0.2) is 0 Å². The Morgan fingerprint density at radius 2 is 1.96 bits per heavy atom. The Balaban J connectivity index is 1.88. The topological polar surface area (TPSA) is 78.5 Å². The number of anilines is 2. The number of amides is 3. The van der Waals surface area contributed by atoms with E-state index in [2.05, 4.69) is 10.6 Å². The summed E-state index contributed by atoms with van der Waals surface area (Å²) >= 11 is 6.10. The molecule has 1 unspecified atom stereocenters. The summed E-state index contributed by atoms with van der Waals surface area (Å²) in [5.41, 5.74) is 1.18. The molecule has 1 aliphatic carbocycles. The highest BCUT2D eigenvalue weighted by Gasteiger charge is 2.37. The molecule has 2 N–H and O–H groups in total. The van der Waals surface area contributed by atoms with E-state index in [1.807, 2.05) is 0 Å². The number of nitrogens with one attached hydrogen (secondary N) is 2. The van der Waals surface area contributed by atoms with E-state index in [-0.39, 0.29) is 34.8 Å². The quantitative estimate of drug-likeness (QED) is 0.595. The molecule has 1 aliphatic heterocycles. The minimum Gasteiger partial charge on any atom is -0.373 e. The first-order valence-electron chi connectivity index (χ1n) is 8.78. The minimum absolute atomic E-state index is 0.0591. The van der Waals surface area contributed by atoms with Gasteiger partial charge in [-0.25, -0.2) is 9.29 Å². The van der Waals surface area contributed by atoms with E-state index in [1.54, 1.807) is 20.8 Å². The lowest BCUT2D eigenvalue weighted by atomic mass is 10.1. The van der Waals surface area contributed by atoms with Gasteiger partial charge < -0.3 is 10.6 Å². The van der Waals surface area contributed by atoms with Crippen LogP contribution in [0.2, 0.25) is 5.02 Å². The Hall–Kier alpha value is -2.41. The molecule has 0 aromatic heterocycles. The van der Waals surface area contributed by atoms with Crippen molar-refractivity contribution >= 4 is 40.7 Å². The Kier molecular flexibility index (Phi) is 5.24. The van der Waals surface area contributed by atoms with Gasteiger partial charge in [0.05, 0.1) is 22.8 Å². The third-order valence-electron chi connectivity index (χ3n) is 4.61. The van der Waals surface area contributed by atoms with E-state index in [0.29, 0.717) is 11.1 Å². The first-order chi connectivity index (χ1) is 12.7. The standard InChI is InChI=1S/C19H21ClFN3O3/c1-9(2)12-6-17(25)24(19(12)27)16-8-15(13(20)7-14(16)21)22-10(3)18(26)23-11-4-5-11/h7-8,10-11,22H,4-6H2,1-3H3,(H,23,26). The molecule has 0 radical (unpaired) electrons. The molecule has 1 heterocycles. The average molecular weight is 394 g/mol. The molecule has 2 aliphatic rings. The summed E-state index contributed by atoms with van der Waals surface area (Å²) in [6.07, 6.45) is 1.86. The summed E-state index contributed by atoms with van der Waals surface area (Å²) in [4.78, 5) is 37.8. The number of imide groups is 1. The molecule has 3 rings (SSSR count). The molecule has 1 saturated carbocycles. The molecule has 3 amide bonds. The first-order valence-corrected chi connectivity index (χ1v) is 9.16. The molecular formula is C19H21ClFN3O3. The van der Waals surface area contributed by atoms with Crippen molar-refractivity contribution in [2.45, 2.75) is 52.1 Å². The summed E-state index contributed by atoms with van der Waals surface area (Å²) in [5.74, 6) is -2.01. The third kappa shape index (κ3) is 3.98. The minimum atomic E-state index is -0.780. The maximum absolute atomic E-state index is 14.5.